The first-order valence-corrected chi connectivity index (χ1v) is 11.1. The van der Waals surface area contributed by atoms with Crippen LogP contribution in [-0.4, -0.2) is 31.7 Å². The van der Waals surface area contributed by atoms with Crippen LogP contribution in [0.1, 0.15) is 46.8 Å². The largest absolute Gasteiger partial charge is 0.322 e. The van der Waals surface area contributed by atoms with Gasteiger partial charge in [0.15, 0.2) is 0 Å². The third-order valence-corrected chi connectivity index (χ3v) is 7.17. The van der Waals surface area contributed by atoms with Gasteiger partial charge in [0.05, 0.1) is 4.90 Å². The van der Waals surface area contributed by atoms with E-state index in [0.29, 0.717) is 24.6 Å². The average molecular weight is 401 g/mol. The lowest BCUT2D eigenvalue weighted by Crippen LogP contribution is -2.39. The monoisotopic (exact) mass is 400 g/mol. The molecule has 6 heteroatoms. The summed E-state index contributed by atoms with van der Waals surface area (Å²) in [4.78, 5) is 12.9. The van der Waals surface area contributed by atoms with E-state index in [4.69, 9.17) is 0 Å². The zero-order valence-electron chi connectivity index (χ0n) is 17.0. The normalized spacial score (nSPS) is 18.1. The standard InChI is InChI=1S/C22H28N2O3S/c1-15-6-5-11-24(14-15)28(26,27)20-9-7-19(8-10-20)22(25)23-21-17(3)12-16(2)13-18(21)4/h7-10,12-13,15H,5-6,11,14H2,1-4H3,(H,23,25)/t15-/m0/s1. The van der Waals surface area contributed by atoms with Gasteiger partial charge in [0, 0.05) is 24.3 Å². The number of carbonyl (C=O) groups is 1. The van der Waals surface area contributed by atoms with E-state index in [0.717, 1.165) is 35.2 Å². The predicted molar refractivity (Wildman–Crippen MR) is 112 cm³/mol. The lowest BCUT2D eigenvalue weighted by molar-refractivity contribution is 0.102. The van der Waals surface area contributed by atoms with Crippen LogP contribution in [-0.2, 0) is 10.0 Å². The first-order valence-electron chi connectivity index (χ1n) is 9.68. The highest BCUT2D eigenvalue weighted by Gasteiger charge is 2.28. The third kappa shape index (κ3) is 4.28. The van der Waals surface area contributed by atoms with Gasteiger partial charge in [-0.2, -0.15) is 4.31 Å². The maximum Gasteiger partial charge on any atom is 0.255 e. The number of nitrogens with one attached hydrogen (secondary N) is 1. The predicted octanol–water partition coefficient (Wildman–Crippen LogP) is 4.28. The first kappa shape index (κ1) is 20.6. The summed E-state index contributed by atoms with van der Waals surface area (Å²) in [6.45, 7) is 9.13. The molecule has 0 aliphatic carbocycles. The Labute approximate surface area is 167 Å². The molecular formula is C22H28N2O3S. The average Bonchev–Trinajstić information content (AvgIpc) is 2.64. The van der Waals surface area contributed by atoms with Crippen molar-refractivity contribution >= 4 is 21.6 Å². The van der Waals surface area contributed by atoms with Crippen molar-refractivity contribution in [3.8, 4) is 0 Å². The van der Waals surface area contributed by atoms with Gasteiger partial charge in [0.2, 0.25) is 10.0 Å². The van der Waals surface area contributed by atoms with E-state index in [9.17, 15) is 13.2 Å². The van der Waals surface area contributed by atoms with Gasteiger partial charge in [-0.1, -0.05) is 24.6 Å². The van der Waals surface area contributed by atoms with Crippen molar-refractivity contribution in [2.24, 2.45) is 5.92 Å². The first-order chi connectivity index (χ1) is 13.2. The molecule has 2 aromatic carbocycles. The molecule has 1 fully saturated rings. The molecule has 1 aliphatic heterocycles. The molecule has 1 atom stereocenters. The maximum atomic E-state index is 12.9. The SMILES string of the molecule is Cc1cc(C)c(NC(=O)c2ccc(S(=O)(=O)N3CCC[C@H](C)C3)cc2)c(C)c1. The summed E-state index contributed by atoms with van der Waals surface area (Å²) >= 11 is 0. The molecule has 2 aromatic rings. The Hall–Kier alpha value is -2.18. The molecule has 1 amide bonds. The van der Waals surface area contributed by atoms with Crippen LogP contribution in [0.15, 0.2) is 41.3 Å². The van der Waals surface area contributed by atoms with Crippen molar-refractivity contribution < 1.29 is 13.2 Å². The number of rotatable bonds is 4. The minimum Gasteiger partial charge on any atom is -0.322 e. The molecule has 0 radical (unpaired) electrons. The Morgan fingerprint density at radius 2 is 1.68 bits per heavy atom. The topological polar surface area (TPSA) is 66.5 Å². The minimum absolute atomic E-state index is 0.237. The number of nitrogens with zero attached hydrogens (tertiary/aromatic N) is 1. The molecule has 5 nitrogen and oxygen atoms in total. The van der Waals surface area contributed by atoms with Crippen molar-refractivity contribution in [3.05, 3.63) is 58.7 Å². The van der Waals surface area contributed by atoms with Gasteiger partial charge in [0.1, 0.15) is 0 Å². The summed E-state index contributed by atoms with van der Waals surface area (Å²) in [5.74, 6) is 0.125. The van der Waals surface area contributed by atoms with Crippen LogP contribution in [0, 0.1) is 26.7 Å². The Morgan fingerprint density at radius 1 is 1.07 bits per heavy atom. The van der Waals surface area contributed by atoms with Gasteiger partial charge < -0.3 is 5.32 Å². The van der Waals surface area contributed by atoms with Gasteiger partial charge in [-0.05, 0) is 74.9 Å². The van der Waals surface area contributed by atoms with Crippen molar-refractivity contribution in [2.75, 3.05) is 18.4 Å². The number of sulfonamides is 1. The van der Waals surface area contributed by atoms with Crippen LogP contribution in [0.3, 0.4) is 0 Å². The zero-order valence-corrected chi connectivity index (χ0v) is 17.8. The third-order valence-electron chi connectivity index (χ3n) is 5.29. The van der Waals surface area contributed by atoms with Crippen LogP contribution in [0.2, 0.25) is 0 Å². The van der Waals surface area contributed by atoms with Crippen molar-refractivity contribution in [3.63, 3.8) is 0 Å². The fourth-order valence-corrected chi connectivity index (χ4v) is 5.45. The fraction of sp³-hybridized carbons (Fsp3) is 0.409. The number of carbonyl (C=O) groups excluding carboxylic acids is 1. The van der Waals surface area contributed by atoms with Crippen molar-refractivity contribution in [1.82, 2.24) is 4.31 Å². The van der Waals surface area contributed by atoms with E-state index in [2.05, 4.69) is 12.2 Å². The second kappa shape index (κ2) is 8.05. The molecule has 1 heterocycles. The van der Waals surface area contributed by atoms with Crippen molar-refractivity contribution in [1.29, 1.82) is 0 Å². The van der Waals surface area contributed by atoms with E-state index >= 15 is 0 Å². The fourth-order valence-electron chi connectivity index (χ4n) is 3.85. The summed E-state index contributed by atoms with van der Waals surface area (Å²) in [7, 11) is -3.51. The lowest BCUT2D eigenvalue weighted by Gasteiger charge is -2.30. The number of anilines is 1. The molecule has 150 valence electrons. The molecule has 1 saturated heterocycles. The van der Waals surface area contributed by atoms with Gasteiger partial charge >= 0.3 is 0 Å². The number of benzene rings is 2. The Kier molecular flexibility index (Phi) is 5.91. The summed E-state index contributed by atoms with van der Waals surface area (Å²) in [6.07, 6.45) is 1.94. The molecule has 1 aliphatic rings. The summed E-state index contributed by atoms with van der Waals surface area (Å²) in [5.41, 5.74) is 4.39. The van der Waals surface area contributed by atoms with E-state index in [-0.39, 0.29) is 10.8 Å². The highest BCUT2D eigenvalue weighted by Crippen LogP contribution is 2.25. The number of hydrogen-bond acceptors (Lipinski definition) is 3. The van der Waals surface area contributed by atoms with Crippen LogP contribution < -0.4 is 5.32 Å². The van der Waals surface area contributed by atoms with E-state index in [1.807, 2.05) is 32.9 Å². The van der Waals surface area contributed by atoms with E-state index in [1.165, 1.54) is 12.1 Å². The van der Waals surface area contributed by atoms with Crippen LogP contribution in [0.25, 0.3) is 0 Å². The summed E-state index contributed by atoms with van der Waals surface area (Å²) in [6, 6.07) is 10.3. The van der Waals surface area contributed by atoms with Gasteiger partial charge in [0.25, 0.3) is 5.91 Å². The second-order valence-electron chi connectivity index (χ2n) is 7.86. The Morgan fingerprint density at radius 3 is 2.25 bits per heavy atom. The zero-order chi connectivity index (χ0) is 20.5. The number of aryl methyl sites for hydroxylation is 3. The quantitative estimate of drug-likeness (QED) is 0.833. The highest BCUT2D eigenvalue weighted by molar-refractivity contribution is 7.89. The smallest absolute Gasteiger partial charge is 0.255 e. The molecule has 0 spiro atoms. The van der Waals surface area contributed by atoms with Crippen LogP contribution in [0.4, 0.5) is 5.69 Å². The summed E-state index contributed by atoms with van der Waals surface area (Å²) in [5, 5.41) is 2.95. The Bertz CT molecular complexity index is 958. The highest BCUT2D eigenvalue weighted by atomic mass is 32.2. The second-order valence-corrected chi connectivity index (χ2v) is 9.80. The molecular weight excluding hydrogens is 372 g/mol. The molecule has 28 heavy (non-hydrogen) atoms. The van der Waals surface area contributed by atoms with Crippen LogP contribution >= 0.6 is 0 Å². The van der Waals surface area contributed by atoms with Gasteiger partial charge in [-0.3, -0.25) is 4.79 Å². The van der Waals surface area contributed by atoms with E-state index in [1.54, 1.807) is 16.4 Å². The molecule has 0 unspecified atom stereocenters. The maximum absolute atomic E-state index is 12.9. The van der Waals surface area contributed by atoms with E-state index < -0.39 is 10.0 Å². The number of hydrogen-bond donors (Lipinski definition) is 1. The molecule has 0 bridgehead atoms. The lowest BCUT2D eigenvalue weighted by atomic mass is 10.0. The van der Waals surface area contributed by atoms with Crippen LogP contribution in [0.5, 0.6) is 0 Å². The molecule has 0 saturated carbocycles. The minimum atomic E-state index is -3.51. The van der Waals surface area contributed by atoms with Gasteiger partial charge in [-0.25, -0.2) is 8.42 Å². The number of amides is 1. The molecule has 3 rings (SSSR count). The number of piperidine rings is 1. The molecule has 1 N–H and O–H groups in total. The Balaban J connectivity index is 1.78. The molecule has 0 aromatic heterocycles. The van der Waals surface area contributed by atoms with Gasteiger partial charge in [-0.15, -0.1) is 0 Å². The summed E-state index contributed by atoms with van der Waals surface area (Å²) < 4.78 is 27.3. The van der Waals surface area contributed by atoms with Crippen molar-refractivity contribution in [2.45, 2.75) is 45.4 Å².